The number of furan rings is 1. The fraction of sp³-hybridized carbons (Fsp3) is 0.312. The van der Waals surface area contributed by atoms with Crippen molar-refractivity contribution in [1.29, 1.82) is 0 Å². The van der Waals surface area contributed by atoms with Crippen LogP contribution in [0.5, 0.6) is 0 Å². The van der Waals surface area contributed by atoms with Gasteiger partial charge in [-0.25, -0.2) is 4.98 Å². The van der Waals surface area contributed by atoms with Crippen LogP contribution in [-0.2, 0) is 9.09 Å². The summed E-state index contributed by atoms with van der Waals surface area (Å²) >= 11 is 6.10. The first-order chi connectivity index (χ1) is 11.3. The first-order valence-electron chi connectivity index (χ1n) is 7.51. The summed E-state index contributed by atoms with van der Waals surface area (Å²) in [7, 11) is -3.98. The number of nitrogens with zero attached hydrogens (tertiary/aromatic N) is 1. The third kappa shape index (κ3) is 3.28. The number of fused-ring (bicyclic) bond motifs is 1. The molecule has 24 heavy (non-hydrogen) atoms. The highest BCUT2D eigenvalue weighted by molar-refractivity contribution is 7.60. The second kappa shape index (κ2) is 6.37. The topological polar surface area (TPSA) is 88.4 Å². The number of H-pyrrole nitrogens is 1. The zero-order valence-electron chi connectivity index (χ0n) is 13.5. The van der Waals surface area contributed by atoms with Gasteiger partial charge < -0.3 is 18.8 Å². The van der Waals surface area contributed by atoms with Crippen LogP contribution >= 0.6 is 19.2 Å². The molecule has 0 amide bonds. The molecule has 0 saturated carbocycles. The molecule has 0 aliphatic heterocycles. The van der Waals surface area contributed by atoms with E-state index in [1.54, 1.807) is 12.1 Å². The monoisotopic (exact) mass is 368 g/mol. The molecule has 1 atom stereocenters. The van der Waals surface area contributed by atoms with Crippen molar-refractivity contribution < 1.29 is 18.4 Å². The van der Waals surface area contributed by atoms with Crippen molar-refractivity contribution in [3.05, 3.63) is 34.9 Å². The van der Waals surface area contributed by atoms with Gasteiger partial charge in [-0.15, -0.1) is 0 Å². The molecule has 8 heteroatoms. The van der Waals surface area contributed by atoms with Crippen molar-refractivity contribution >= 4 is 35.7 Å². The molecule has 128 valence electrons. The van der Waals surface area contributed by atoms with Gasteiger partial charge in [-0.1, -0.05) is 25.4 Å². The molecule has 0 aliphatic carbocycles. The van der Waals surface area contributed by atoms with Gasteiger partial charge in [-0.3, -0.25) is 4.57 Å². The second-order valence-corrected chi connectivity index (χ2v) is 8.15. The quantitative estimate of drug-likeness (QED) is 0.656. The van der Waals surface area contributed by atoms with Gasteiger partial charge in [0.25, 0.3) is 0 Å². The lowest BCUT2D eigenvalue weighted by Crippen LogP contribution is -2.08. The normalized spacial score (nSPS) is 14.4. The number of nitrogens with one attached hydrogen (secondary N) is 1. The van der Waals surface area contributed by atoms with Crippen LogP contribution in [0.25, 0.3) is 22.6 Å². The average Bonchev–Trinajstić information content (AvgIpc) is 3.16. The Bertz CT molecular complexity index is 931. The molecule has 2 N–H and O–H groups in total. The third-order valence-electron chi connectivity index (χ3n) is 3.53. The van der Waals surface area contributed by atoms with E-state index in [0.29, 0.717) is 16.6 Å². The Morgan fingerprint density at radius 3 is 2.83 bits per heavy atom. The SMILES string of the molecule is Cc1c(Cl)ccc2[nH]c(-c3ccc(P(=O)(O)OCC(C)C)o3)nc12. The summed E-state index contributed by atoms with van der Waals surface area (Å²) in [6, 6.07) is 6.64. The Hall–Kier alpha value is -1.59. The predicted molar refractivity (Wildman–Crippen MR) is 93.8 cm³/mol. The van der Waals surface area contributed by atoms with E-state index in [4.69, 9.17) is 20.5 Å². The fourth-order valence-corrected chi connectivity index (χ4v) is 3.48. The summed E-state index contributed by atoms with van der Waals surface area (Å²) in [5.41, 5.74) is 2.30. The van der Waals surface area contributed by atoms with E-state index >= 15 is 0 Å². The molecule has 3 rings (SSSR count). The molecule has 3 aromatic rings. The van der Waals surface area contributed by atoms with Gasteiger partial charge in [-0.05, 0) is 42.7 Å². The summed E-state index contributed by atoms with van der Waals surface area (Å²) in [5, 5.41) is 0.627. The molecule has 1 aromatic carbocycles. The maximum absolute atomic E-state index is 12.2. The molecule has 0 radical (unpaired) electrons. The Labute approximate surface area is 144 Å². The zero-order valence-corrected chi connectivity index (χ0v) is 15.2. The number of imidazole rings is 1. The molecule has 6 nitrogen and oxygen atoms in total. The third-order valence-corrected chi connectivity index (χ3v) is 5.23. The van der Waals surface area contributed by atoms with Crippen LogP contribution in [0, 0.1) is 12.8 Å². The van der Waals surface area contributed by atoms with Crippen molar-refractivity contribution in [2.24, 2.45) is 5.92 Å². The van der Waals surface area contributed by atoms with Crippen LogP contribution in [-0.4, -0.2) is 21.5 Å². The number of hydrogen-bond acceptors (Lipinski definition) is 4. The summed E-state index contributed by atoms with van der Waals surface area (Å²) in [5.74, 6) is 0.965. The fourth-order valence-electron chi connectivity index (χ4n) is 2.23. The number of aromatic nitrogens is 2. The lowest BCUT2D eigenvalue weighted by Gasteiger charge is -2.11. The lowest BCUT2D eigenvalue weighted by atomic mass is 10.2. The Morgan fingerprint density at radius 1 is 1.38 bits per heavy atom. The van der Waals surface area contributed by atoms with E-state index in [9.17, 15) is 9.46 Å². The number of halogens is 1. The maximum Gasteiger partial charge on any atom is 0.393 e. The highest BCUT2D eigenvalue weighted by Gasteiger charge is 2.28. The zero-order chi connectivity index (χ0) is 17.5. The van der Waals surface area contributed by atoms with E-state index in [0.717, 1.165) is 16.6 Å². The molecular weight excluding hydrogens is 351 g/mol. The Kier molecular flexibility index (Phi) is 4.58. The predicted octanol–water partition coefficient (Wildman–Crippen LogP) is 4.27. The largest absolute Gasteiger partial charge is 0.445 e. The van der Waals surface area contributed by atoms with Crippen LogP contribution < -0.4 is 5.50 Å². The van der Waals surface area contributed by atoms with Crippen molar-refractivity contribution in [1.82, 2.24) is 9.97 Å². The van der Waals surface area contributed by atoms with Gasteiger partial charge >= 0.3 is 7.60 Å². The average molecular weight is 369 g/mol. The molecule has 2 heterocycles. The summed E-state index contributed by atoms with van der Waals surface area (Å²) in [6.07, 6.45) is 0. The van der Waals surface area contributed by atoms with Gasteiger partial charge in [0.15, 0.2) is 11.6 Å². The van der Waals surface area contributed by atoms with Crippen molar-refractivity contribution in [2.75, 3.05) is 6.61 Å². The maximum atomic E-state index is 12.2. The molecule has 2 aromatic heterocycles. The minimum Gasteiger partial charge on any atom is -0.445 e. The Balaban J connectivity index is 1.93. The molecular formula is C16H18ClN2O4P. The van der Waals surface area contributed by atoms with Crippen LogP contribution in [0.2, 0.25) is 5.02 Å². The summed E-state index contributed by atoms with van der Waals surface area (Å²) in [4.78, 5) is 17.6. The van der Waals surface area contributed by atoms with Gasteiger partial charge in [0.2, 0.25) is 5.50 Å². The first-order valence-corrected chi connectivity index (χ1v) is 9.46. The van der Waals surface area contributed by atoms with Gasteiger partial charge in [0, 0.05) is 5.02 Å². The summed E-state index contributed by atoms with van der Waals surface area (Å²) < 4.78 is 22.8. The van der Waals surface area contributed by atoms with Gasteiger partial charge in [0.05, 0.1) is 17.6 Å². The highest BCUT2D eigenvalue weighted by atomic mass is 35.5. The van der Waals surface area contributed by atoms with E-state index in [-0.39, 0.29) is 18.0 Å². The smallest absolute Gasteiger partial charge is 0.393 e. The molecule has 0 spiro atoms. The first kappa shape index (κ1) is 17.2. The number of rotatable bonds is 5. The number of aryl methyl sites for hydroxylation is 1. The van der Waals surface area contributed by atoms with Crippen molar-refractivity contribution in [3.8, 4) is 11.6 Å². The van der Waals surface area contributed by atoms with Crippen LogP contribution in [0.3, 0.4) is 0 Å². The minimum absolute atomic E-state index is 0.103. The Morgan fingerprint density at radius 2 is 2.12 bits per heavy atom. The molecule has 0 aliphatic rings. The van der Waals surface area contributed by atoms with Crippen LogP contribution in [0.15, 0.2) is 28.7 Å². The molecule has 0 saturated heterocycles. The van der Waals surface area contributed by atoms with Gasteiger partial charge in [-0.2, -0.15) is 0 Å². The lowest BCUT2D eigenvalue weighted by molar-refractivity contribution is 0.233. The molecule has 0 fully saturated rings. The van der Waals surface area contributed by atoms with E-state index in [2.05, 4.69) is 9.97 Å². The second-order valence-electron chi connectivity index (χ2n) is 6.00. The molecule has 1 unspecified atom stereocenters. The van der Waals surface area contributed by atoms with Gasteiger partial charge in [0.1, 0.15) is 0 Å². The van der Waals surface area contributed by atoms with Crippen LogP contribution in [0.1, 0.15) is 19.4 Å². The van der Waals surface area contributed by atoms with E-state index in [1.165, 1.54) is 6.07 Å². The summed E-state index contributed by atoms with van der Waals surface area (Å²) in [6.45, 7) is 5.85. The minimum atomic E-state index is -3.98. The van der Waals surface area contributed by atoms with Crippen LogP contribution in [0.4, 0.5) is 0 Å². The highest BCUT2D eigenvalue weighted by Crippen LogP contribution is 2.42. The number of aromatic amines is 1. The van der Waals surface area contributed by atoms with E-state index < -0.39 is 7.60 Å². The van der Waals surface area contributed by atoms with E-state index in [1.807, 2.05) is 26.8 Å². The standard InChI is InChI=1S/C16H18ClN2O4P/c1-9(2)8-22-24(20,21)14-7-6-13(23-14)16-18-12-5-4-11(17)10(3)15(12)19-16/h4-7,9H,8H2,1-3H3,(H,18,19)(H,20,21). The number of benzene rings is 1. The number of hydrogen-bond donors (Lipinski definition) is 2. The van der Waals surface area contributed by atoms with Crippen molar-refractivity contribution in [2.45, 2.75) is 20.8 Å². The molecule has 0 bridgehead atoms. The van der Waals surface area contributed by atoms with Crippen molar-refractivity contribution in [3.63, 3.8) is 0 Å².